The van der Waals surface area contributed by atoms with Gasteiger partial charge >= 0.3 is 0 Å². The summed E-state index contributed by atoms with van der Waals surface area (Å²) in [6, 6.07) is 0. The van der Waals surface area contributed by atoms with E-state index in [-0.39, 0.29) is 19.1 Å². The number of aliphatic hydroxyl groups is 8. The quantitative estimate of drug-likeness (QED) is 0.160. The van der Waals surface area contributed by atoms with Crippen LogP contribution in [-0.2, 0) is 18.9 Å². The van der Waals surface area contributed by atoms with Crippen LogP contribution in [0.25, 0.3) is 0 Å². The molecule has 0 radical (unpaired) electrons. The molecule has 0 bridgehead atoms. The van der Waals surface area contributed by atoms with Crippen LogP contribution in [0.2, 0.25) is 0 Å². The zero-order chi connectivity index (χ0) is 27.1. The second kappa shape index (κ2) is 11.2. The molecule has 2 heterocycles. The molecule has 1 saturated carbocycles. The molecule has 0 aromatic rings. The summed E-state index contributed by atoms with van der Waals surface area (Å²) in [4.78, 5) is 0. The van der Waals surface area contributed by atoms with E-state index in [0.717, 1.165) is 0 Å². The van der Waals surface area contributed by atoms with Gasteiger partial charge in [-0.25, -0.2) is 0 Å². The number of ether oxygens (including phenoxy) is 4. The predicted octanol–water partition coefficient (Wildman–Crippen LogP) is -2.24. The molecule has 3 rings (SSSR count). The average Bonchev–Trinajstić information content (AvgIpc) is 3.09. The van der Waals surface area contributed by atoms with Crippen LogP contribution in [0.1, 0.15) is 40.5 Å². The van der Waals surface area contributed by atoms with Gasteiger partial charge in [-0.1, -0.05) is 32.9 Å². The molecule has 0 aromatic heterocycles. The van der Waals surface area contributed by atoms with Crippen molar-refractivity contribution in [2.24, 2.45) is 11.3 Å². The van der Waals surface area contributed by atoms with E-state index >= 15 is 0 Å². The van der Waals surface area contributed by atoms with Gasteiger partial charge in [0.15, 0.2) is 12.6 Å². The summed E-state index contributed by atoms with van der Waals surface area (Å²) < 4.78 is 21.9. The molecule has 0 aromatic carbocycles. The standard InChI is InChI=1S/C24H42O12/c1-12-7-14(26)8-22(3,4)24(12,32)6-5-13(2)35-20-18(29)17(28)16(27)15(36-20)9-33-21-19(30)23(31,10-25)11-34-21/h5-6,12-21,25-32H,7-11H2,1-4H3/b6-5+/t12-,13-,14+,15-,16-,17+,18-,19+,20-,21-,23-,24-/m1/s1. The molecular weight excluding hydrogens is 480 g/mol. The van der Waals surface area contributed by atoms with E-state index < -0.39 is 78.5 Å². The Morgan fingerprint density at radius 2 is 1.69 bits per heavy atom. The van der Waals surface area contributed by atoms with Crippen molar-refractivity contribution in [3.63, 3.8) is 0 Å². The molecule has 2 aliphatic heterocycles. The van der Waals surface area contributed by atoms with E-state index in [4.69, 9.17) is 18.9 Å². The Labute approximate surface area is 210 Å². The minimum absolute atomic E-state index is 0.216. The molecule has 0 spiro atoms. The van der Waals surface area contributed by atoms with Gasteiger partial charge < -0.3 is 59.8 Å². The Morgan fingerprint density at radius 3 is 2.28 bits per heavy atom. The van der Waals surface area contributed by atoms with Crippen molar-refractivity contribution >= 4 is 0 Å². The summed E-state index contributed by atoms with van der Waals surface area (Å²) in [5.41, 5.74) is -3.69. The molecule has 12 heteroatoms. The molecule has 3 fully saturated rings. The Kier molecular flexibility index (Phi) is 9.25. The van der Waals surface area contributed by atoms with E-state index in [1.165, 1.54) is 0 Å². The van der Waals surface area contributed by atoms with Crippen LogP contribution in [0.4, 0.5) is 0 Å². The van der Waals surface area contributed by atoms with E-state index in [9.17, 15) is 40.9 Å². The Bertz CT molecular complexity index is 763. The smallest absolute Gasteiger partial charge is 0.187 e. The summed E-state index contributed by atoms with van der Waals surface area (Å²) in [7, 11) is 0. The van der Waals surface area contributed by atoms with Crippen molar-refractivity contribution in [1.29, 1.82) is 0 Å². The minimum atomic E-state index is -1.88. The molecule has 36 heavy (non-hydrogen) atoms. The average molecular weight is 523 g/mol. The summed E-state index contributed by atoms with van der Waals surface area (Å²) >= 11 is 0. The third-order valence-corrected chi connectivity index (χ3v) is 7.85. The second-order valence-electron chi connectivity index (χ2n) is 11.1. The number of aliphatic hydroxyl groups excluding tert-OH is 6. The lowest BCUT2D eigenvalue weighted by atomic mass is 9.60. The fourth-order valence-corrected chi connectivity index (χ4v) is 5.31. The van der Waals surface area contributed by atoms with Crippen LogP contribution >= 0.6 is 0 Å². The lowest BCUT2D eigenvalue weighted by molar-refractivity contribution is -0.314. The third kappa shape index (κ3) is 5.80. The lowest BCUT2D eigenvalue weighted by Gasteiger charge is -2.50. The van der Waals surface area contributed by atoms with Crippen LogP contribution < -0.4 is 0 Å². The highest BCUT2D eigenvalue weighted by Gasteiger charge is 2.52. The van der Waals surface area contributed by atoms with Crippen LogP contribution in [0.15, 0.2) is 12.2 Å². The lowest BCUT2D eigenvalue weighted by Crippen LogP contribution is -2.60. The van der Waals surface area contributed by atoms with Crippen molar-refractivity contribution in [3.8, 4) is 0 Å². The molecule has 12 atom stereocenters. The van der Waals surface area contributed by atoms with E-state index in [0.29, 0.717) is 12.8 Å². The third-order valence-electron chi connectivity index (χ3n) is 7.85. The van der Waals surface area contributed by atoms with E-state index in [2.05, 4.69) is 0 Å². The number of hydrogen-bond acceptors (Lipinski definition) is 12. The molecule has 0 unspecified atom stereocenters. The Balaban J connectivity index is 1.62. The first-order valence-corrected chi connectivity index (χ1v) is 12.3. The first-order valence-electron chi connectivity index (χ1n) is 12.3. The topological polar surface area (TPSA) is 199 Å². The van der Waals surface area contributed by atoms with Crippen molar-refractivity contribution < 1.29 is 59.8 Å². The highest BCUT2D eigenvalue weighted by atomic mass is 16.7. The van der Waals surface area contributed by atoms with Gasteiger partial charge in [0.1, 0.15) is 36.1 Å². The van der Waals surface area contributed by atoms with Gasteiger partial charge in [-0.2, -0.15) is 0 Å². The van der Waals surface area contributed by atoms with Gasteiger partial charge in [0.2, 0.25) is 0 Å². The maximum atomic E-state index is 11.4. The SMILES string of the molecule is C[C@H](/C=C/[C@@]1(O)[C@H](C)C[C@H](O)CC1(C)C)O[C@@H]1O[C@H](CO[C@@H]2OC[C@](O)(CO)[C@H]2O)[C@@H](O)[C@H](O)[C@H]1O. The Morgan fingerprint density at radius 1 is 1.03 bits per heavy atom. The fourth-order valence-electron chi connectivity index (χ4n) is 5.31. The van der Waals surface area contributed by atoms with E-state index in [1.54, 1.807) is 19.1 Å². The van der Waals surface area contributed by atoms with Gasteiger partial charge in [0, 0.05) is 0 Å². The molecular formula is C24H42O12. The zero-order valence-electron chi connectivity index (χ0n) is 21.2. The van der Waals surface area contributed by atoms with Crippen LogP contribution in [0.3, 0.4) is 0 Å². The molecule has 0 amide bonds. The van der Waals surface area contributed by atoms with Crippen LogP contribution in [0.5, 0.6) is 0 Å². The minimum Gasteiger partial charge on any atom is -0.393 e. The maximum Gasteiger partial charge on any atom is 0.187 e. The summed E-state index contributed by atoms with van der Waals surface area (Å²) in [5, 5.41) is 81.9. The highest BCUT2D eigenvalue weighted by Crippen LogP contribution is 2.48. The highest BCUT2D eigenvalue weighted by molar-refractivity contribution is 5.15. The van der Waals surface area contributed by atoms with Crippen molar-refractivity contribution in [3.05, 3.63) is 12.2 Å². The molecule has 3 aliphatic rings. The number of rotatable bonds is 8. The van der Waals surface area contributed by atoms with Gasteiger partial charge in [-0.3, -0.25) is 0 Å². The zero-order valence-corrected chi connectivity index (χ0v) is 21.2. The largest absolute Gasteiger partial charge is 0.393 e. The fraction of sp³-hybridized carbons (Fsp3) is 0.917. The number of hydrogen-bond donors (Lipinski definition) is 8. The van der Waals surface area contributed by atoms with Gasteiger partial charge in [-0.15, -0.1) is 0 Å². The van der Waals surface area contributed by atoms with Gasteiger partial charge in [0.05, 0.1) is 37.6 Å². The van der Waals surface area contributed by atoms with Gasteiger partial charge in [0.25, 0.3) is 0 Å². The molecule has 12 nitrogen and oxygen atoms in total. The molecule has 1 aliphatic carbocycles. The molecule has 8 N–H and O–H groups in total. The molecule has 210 valence electrons. The molecule has 2 saturated heterocycles. The summed E-state index contributed by atoms with van der Waals surface area (Å²) in [6.45, 7) is 5.80. The van der Waals surface area contributed by atoms with Crippen molar-refractivity contribution in [2.75, 3.05) is 19.8 Å². The second-order valence-corrected chi connectivity index (χ2v) is 11.1. The predicted molar refractivity (Wildman–Crippen MR) is 123 cm³/mol. The van der Waals surface area contributed by atoms with E-state index in [1.807, 2.05) is 20.8 Å². The first kappa shape index (κ1) is 29.8. The Hall–Kier alpha value is -0.740. The van der Waals surface area contributed by atoms with Crippen molar-refractivity contribution in [1.82, 2.24) is 0 Å². The van der Waals surface area contributed by atoms with Crippen LogP contribution in [-0.4, -0.2) is 127 Å². The summed E-state index contributed by atoms with van der Waals surface area (Å²) in [6.07, 6.45) is -7.17. The maximum absolute atomic E-state index is 11.4. The van der Waals surface area contributed by atoms with Crippen molar-refractivity contribution in [2.45, 2.75) is 107 Å². The monoisotopic (exact) mass is 522 g/mol. The summed E-state index contributed by atoms with van der Waals surface area (Å²) in [5.74, 6) is -0.216. The van der Waals surface area contributed by atoms with Gasteiger partial charge in [-0.05, 0) is 31.1 Å². The normalized spacial score (nSPS) is 48.4. The first-order chi connectivity index (χ1) is 16.6. The van der Waals surface area contributed by atoms with Crippen LogP contribution in [0, 0.1) is 11.3 Å².